The van der Waals surface area contributed by atoms with E-state index >= 15 is 0 Å². The van der Waals surface area contributed by atoms with E-state index in [1.807, 2.05) is 13.8 Å². The number of aryl methyl sites for hydroxylation is 1. The van der Waals surface area contributed by atoms with Crippen LogP contribution in [0, 0.1) is 12.7 Å². The van der Waals surface area contributed by atoms with Gasteiger partial charge in [0.1, 0.15) is 5.82 Å². The molecule has 0 bridgehead atoms. The van der Waals surface area contributed by atoms with E-state index in [0.717, 1.165) is 11.3 Å². The summed E-state index contributed by atoms with van der Waals surface area (Å²) in [6.07, 6.45) is 1.68. The van der Waals surface area contributed by atoms with Crippen molar-refractivity contribution >= 4 is 11.6 Å². The maximum atomic E-state index is 13.0. The van der Waals surface area contributed by atoms with Crippen LogP contribution in [0.2, 0.25) is 5.02 Å². The number of benzene rings is 1. The summed E-state index contributed by atoms with van der Waals surface area (Å²) in [5, 5.41) is 0.294. The maximum absolute atomic E-state index is 13.0. The second kappa shape index (κ2) is 5.00. The fourth-order valence-electron chi connectivity index (χ4n) is 1.72. The number of nitrogens with zero attached hydrogens (tertiary/aromatic N) is 2. The van der Waals surface area contributed by atoms with E-state index in [4.69, 9.17) is 17.3 Å². The van der Waals surface area contributed by atoms with Gasteiger partial charge in [0.2, 0.25) is 0 Å². The second-order valence-electron chi connectivity index (χ2n) is 4.15. The predicted octanol–water partition coefficient (Wildman–Crippen LogP) is 3.26. The Labute approximate surface area is 110 Å². The van der Waals surface area contributed by atoms with Crippen molar-refractivity contribution in [3.63, 3.8) is 0 Å². The van der Waals surface area contributed by atoms with Gasteiger partial charge in [-0.15, -0.1) is 0 Å². The smallest absolute Gasteiger partial charge is 0.160 e. The molecule has 1 heterocycles. The van der Waals surface area contributed by atoms with Crippen molar-refractivity contribution < 1.29 is 4.39 Å². The fourth-order valence-corrected chi connectivity index (χ4v) is 1.98. The van der Waals surface area contributed by atoms with Crippen molar-refractivity contribution in [3.05, 3.63) is 46.5 Å². The van der Waals surface area contributed by atoms with Crippen molar-refractivity contribution in [1.82, 2.24) is 9.97 Å². The molecule has 0 aliphatic heterocycles. The molecule has 0 aliphatic carbocycles. The van der Waals surface area contributed by atoms with E-state index in [2.05, 4.69) is 9.97 Å². The Morgan fingerprint density at radius 1 is 1.39 bits per heavy atom. The third kappa shape index (κ3) is 2.49. The van der Waals surface area contributed by atoms with E-state index in [9.17, 15) is 4.39 Å². The molecule has 0 amide bonds. The Hall–Kier alpha value is -1.52. The Bertz CT molecular complexity index is 584. The molecule has 2 N–H and O–H groups in total. The molecule has 1 unspecified atom stereocenters. The Morgan fingerprint density at radius 2 is 2.11 bits per heavy atom. The van der Waals surface area contributed by atoms with Crippen LogP contribution in [0.1, 0.15) is 24.2 Å². The van der Waals surface area contributed by atoms with Gasteiger partial charge >= 0.3 is 0 Å². The number of halogens is 2. The lowest BCUT2D eigenvalue weighted by Crippen LogP contribution is -2.09. The van der Waals surface area contributed by atoms with Gasteiger partial charge in [-0.3, -0.25) is 0 Å². The summed E-state index contributed by atoms with van der Waals surface area (Å²) in [5.74, 6) is 0.0922. The van der Waals surface area contributed by atoms with Gasteiger partial charge < -0.3 is 5.73 Å². The molecule has 3 nitrogen and oxygen atoms in total. The van der Waals surface area contributed by atoms with E-state index in [-0.39, 0.29) is 11.9 Å². The average Bonchev–Trinajstić information content (AvgIpc) is 2.28. The van der Waals surface area contributed by atoms with E-state index in [0.29, 0.717) is 16.4 Å². The molecule has 0 fully saturated rings. The molecular formula is C13H13ClFN3. The van der Waals surface area contributed by atoms with Gasteiger partial charge in [0.25, 0.3) is 0 Å². The van der Waals surface area contributed by atoms with Crippen molar-refractivity contribution in [2.24, 2.45) is 5.73 Å². The first-order valence-corrected chi connectivity index (χ1v) is 5.91. The maximum Gasteiger partial charge on any atom is 0.160 e. The van der Waals surface area contributed by atoms with Crippen molar-refractivity contribution in [2.75, 3.05) is 0 Å². The number of hydrogen-bond acceptors (Lipinski definition) is 3. The highest BCUT2D eigenvalue weighted by Crippen LogP contribution is 2.26. The molecule has 2 aromatic rings. The first-order valence-electron chi connectivity index (χ1n) is 5.53. The third-order valence-electron chi connectivity index (χ3n) is 2.68. The summed E-state index contributed by atoms with van der Waals surface area (Å²) in [6, 6.07) is 4.02. The number of aromatic nitrogens is 2. The highest BCUT2D eigenvalue weighted by molar-refractivity contribution is 6.33. The molecule has 1 atom stereocenters. The molecule has 2 rings (SSSR count). The topological polar surface area (TPSA) is 51.8 Å². The molecule has 1 aromatic heterocycles. The molecule has 0 spiro atoms. The van der Waals surface area contributed by atoms with Gasteiger partial charge in [-0.1, -0.05) is 11.6 Å². The Kier molecular flexibility index (Phi) is 3.59. The fraction of sp³-hybridized carbons (Fsp3) is 0.231. The Morgan fingerprint density at radius 3 is 2.67 bits per heavy atom. The number of nitrogens with two attached hydrogens (primary N) is 1. The van der Waals surface area contributed by atoms with Crippen LogP contribution < -0.4 is 5.73 Å². The molecule has 0 saturated heterocycles. The summed E-state index contributed by atoms with van der Waals surface area (Å²) >= 11 is 5.97. The van der Waals surface area contributed by atoms with Gasteiger partial charge in [-0.25, -0.2) is 14.4 Å². The lowest BCUT2D eigenvalue weighted by Gasteiger charge is -2.10. The lowest BCUT2D eigenvalue weighted by molar-refractivity contribution is 0.628. The normalized spacial score (nSPS) is 12.5. The SMILES string of the molecule is Cc1nc(-c2ccc(F)cc2Cl)ncc1C(C)N. The molecule has 0 saturated carbocycles. The first-order chi connectivity index (χ1) is 8.49. The van der Waals surface area contributed by atoms with Crippen LogP contribution >= 0.6 is 11.6 Å². The molecule has 18 heavy (non-hydrogen) atoms. The number of rotatable bonds is 2. The predicted molar refractivity (Wildman–Crippen MR) is 69.8 cm³/mol. The first kappa shape index (κ1) is 12.9. The third-order valence-corrected chi connectivity index (χ3v) is 2.99. The minimum absolute atomic E-state index is 0.122. The van der Waals surface area contributed by atoms with Gasteiger partial charge in [-0.05, 0) is 32.0 Å². The standard InChI is InChI=1S/C13H13ClFN3/c1-7(16)11-6-17-13(18-8(11)2)10-4-3-9(15)5-12(10)14/h3-7H,16H2,1-2H3. The van der Waals surface area contributed by atoms with Crippen LogP contribution in [0.4, 0.5) is 4.39 Å². The van der Waals surface area contributed by atoms with Crippen LogP contribution in [-0.4, -0.2) is 9.97 Å². The van der Waals surface area contributed by atoms with Crippen molar-refractivity contribution in [1.29, 1.82) is 0 Å². The van der Waals surface area contributed by atoms with Crippen LogP contribution in [0.15, 0.2) is 24.4 Å². The van der Waals surface area contributed by atoms with Crippen LogP contribution in [0.25, 0.3) is 11.4 Å². The highest BCUT2D eigenvalue weighted by atomic mass is 35.5. The summed E-state index contributed by atoms with van der Waals surface area (Å²) in [6.45, 7) is 3.73. The number of hydrogen-bond donors (Lipinski definition) is 1. The lowest BCUT2D eigenvalue weighted by atomic mass is 10.1. The molecule has 1 aromatic carbocycles. The highest BCUT2D eigenvalue weighted by Gasteiger charge is 2.11. The quantitative estimate of drug-likeness (QED) is 0.907. The molecule has 94 valence electrons. The molecule has 0 radical (unpaired) electrons. The average molecular weight is 266 g/mol. The monoisotopic (exact) mass is 265 g/mol. The zero-order valence-electron chi connectivity index (χ0n) is 10.1. The molecule has 5 heteroatoms. The van der Waals surface area contributed by atoms with Crippen LogP contribution in [-0.2, 0) is 0 Å². The van der Waals surface area contributed by atoms with Gasteiger partial charge in [-0.2, -0.15) is 0 Å². The summed E-state index contributed by atoms with van der Waals surface area (Å²) in [7, 11) is 0. The summed E-state index contributed by atoms with van der Waals surface area (Å²) < 4.78 is 13.0. The zero-order valence-corrected chi connectivity index (χ0v) is 10.9. The minimum Gasteiger partial charge on any atom is -0.324 e. The molecular weight excluding hydrogens is 253 g/mol. The van der Waals surface area contributed by atoms with Crippen molar-refractivity contribution in [3.8, 4) is 11.4 Å². The van der Waals surface area contributed by atoms with Gasteiger partial charge in [0.15, 0.2) is 5.82 Å². The minimum atomic E-state index is -0.382. The summed E-state index contributed by atoms with van der Waals surface area (Å²) in [4.78, 5) is 8.58. The summed E-state index contributed by atoms with van der Waals surface area (Å²) in [5.41, 5.74) is 8.09. The van der Waals surface area contributed by atoms with Gasteiger partial charge in [0, 0.05) is 29.1 Å². The second-order valence-corrected chi connectivity index (χ2v) is 4.55. The van der Waals surface area contributed by atoms with Crippen LogP contribution in [0.3, 0.4) is 0 Å². The Balaban J connectivity index is 2.49. The molecule has 0 aliphatic rings. The van der Waals surface area contributed by atoms with E-state index in [1.54, 1.807) is 12.3 Å². The largest absolute Gasteiger partial charge is 0.324 e. The van der Waals surface area contributed by atoms with E-state index in [1.165, 1.54) is 12.1 Å². The van der Waals surface area contributed by atoms with Crippen LogP contribution in [0.5, 0.6) is 0 Å². The van der Waals surface area contributed by atoms with E-state index < -0.39 is 0 Å². The van der Waals surface area contributed by atoms with Crippen molar-refractivity contribution in [2.45, 2.75) is 19.9 Å². The zero-order chi connectivity index (χ0) is 13.3. The van der Waals surface area contributed by atoms with Gasteiger partial charge in [0.05, 0.1) is 5.02 Å².